The van der Waals surface area contributed by atoms with Crippen LogP contribution in [0.2, 0.25) is 0 Å². The number of carbonyl (C=O) groups excluding carboxylic acids is 2. The van der Waals surface area contributed by atoms with Gasteiger partial charge in [-0.3, -0.25) is 14.5 Å². The first kappa shape index (κ1) is 28.6. The highest BCUT2D eigenvalue weighted by atomic mass is 32.1. The zero-order valence-corrected chi connectivity index (χ0v) is 23.4. The minimum atomic E-state index is 0.0103. The van der Waals surface area contributed by atoms with Gasteiger partial charge in [0.2, 0.25) is 5.91 Å². The molecule has 2 aromatic rings. The molecule has 2 aliphatic rings. The lowest BCUT2D eigenvalue weighted by Gasteiger charge is -2.38. The Kier molecular flexibility index (Phi) is 11.1. The number of rotatable bonds is 12. The fraction of sp³-hybridized carbons (Fsp3) is 0.607. The Hall–Kier alpha value is -2.37. The van der Waals surface area contributed by atoms with E-state index in [4.69, 9.17) is 19.2 Å². The lowest BCUT2D eigenvalue weighted by Crippen LogP contribution is -2.49. The third-order valence-electron chi connectivity index (χ3n) is 7.40. The van der Waals surface area contributed by atoms with Crippen molar-refractivity contribution < 1.29 is 23.8 Å². The van der Waals surface area contributed by atoms with E-state index in [9.17, 15) is 9.59 Å². The quantitative estimate of drug-likeness (QED) is 0.380. The molecule has 3 heterocycles. The number of hydrogen-bond donors (Lipinski definition) is 0. The Balaban J connectivity index is 1.17. The van der Waals surface area contributed by atoms with Crippen molar-refractivity contribution in [3.63, 3.8) is 0 Å². The zero-order valence-electron chi connectivity index (χ0n) is 22.5. The van der Waals surface area contributed by atoms with Crippen molar-refractivity contribution >= 4 is 23.2 Å². The number of hydrogen-bond acceptors (Lipinski definition) is 8. The monoisotopic (exact) mass is 544 g/mol. The maximum Gasteiger partial charge on any atom is 0.273 e. The van der Waals surface area contributed by atoms with Crippen molar-refractivity contribution in [3.8, 4) is 0 Å². The van der Waals surface area contributed by atoms with Gasteiger partial charge in [0.1, 0.15) is 12.3 Å². The summed E-state index contributed by atoms with van der Waals surface area (Å²) in [4.78, 5) is 36.6. The van der Waals surface area contributed by atoms with E-state index in [1.165, 1.54) is 5.56 Å². The predicted octanol–water partition coefficient (Wildman–Crippen LogP) is 3.05. The van der Waals surface area contributed by atoms with Crippen LogP contribution in [0.5, 0.6) is 0 Å². The fourth-order valence-electron chi connectivity index (χ4n) is 4.98. The molecule has 2 saturated heterocycles. The number of amides is 2. The first-order valence-electron chi connectivity index (χ1n) is 13.5. The lowest BCUT2D eigenvalue weighted by atomic mass is 9.97. The third-order valence-corrected chi connectivity index (χ3v) is 8.41. The molecule has 38 heavy (non-hydrogen) atoms. The molecule has 0 N–H and O–H groups in total. The van der Waals surface area contributed by atoms with Crippen LogP contribution in [-0.2, 0) is 19.0 Å². The minimum absolute atomic E-state index is 0.0103. The van der Waals surface area contributed by atoms with E-state index in [0.29, 0.717) is 64.3 Å². The highest BCUT2D eigenvalue weighted by Gasteiger charge is 2.29. The number of aromatic nitrogens is 1. The van der Waals surface area contributed by atoms with Gasteiger partial charge in [-0.2, -0.15) is 0 Å². The molecule has 0 saturated carbocycles. The normalized spacial score (nSPS) is 18.1. The van der Waals surface area contributed by atoms with Crippen LogP contribution < -0.4 is 0 Å². The second-order valence-electron chi connectivity index (χ2n) is 9.80. The van der Waals surface area contributed by atoms with Crippen LogP contribution in [-0.4, -0.2) is 111 Å². The molecule has 2 fully saturated rings. The average molecular weight is 545 g/mol. The summed E-state index contributed by atoms with van der Waals surface area (Å²) in [5.41, 5.74) is 1.86. The number of carbonyl (C=O) groups is 2. The molecule has 10 heteroatoms. The molecule has 2 aliphatic heterocycles. The summed E-state index contributed by atoms with van der Waals surface area (Å²) in [5, 5.41) is 2.90. The highest BCUT2D eigenvalue weighted by Crippen LogP contribution is 2.31. The lowest BCUT2D eigenvalue weighted by molar-refractivity contribution is -0.137. The van der Waals surface area contributed by atoms with Crippen molar-refractivity contribution in [1.29, 1.82) is 0 Å². The maximum atomic E-state index is 13.2. The Morgan fingerprint density at radius 3 is 2.34 bits per heavy atom. The first-order chi connectivity index (χ1) is 18.6. The van der Waals surface area contributed by atoms with Gasteiger partial charge in [-0.1, -0.05) is 30.3 Å². The van der Waals surface area contributed by atoms with Crippen molar-refractivity contribution in [2.45, 2.75) is 31.7 Å². The molecule has 9 nitrogen and oxygen atoms in total. The Morgan fingerprint density at radius 1 is 0.947 bits per heavy atom. The number of thiazole rings is 1. The summed E-state index contributed by atoms with van der Waals surface area (Å²) in [6.07, 6.45) is 1.70. The second kappa shape index (κ2) is 14.7. The minimum Gasteiger partial charge on any atom is -0.382 e. The molecule has 1 atom stereocenters. The number of piperidine rings is 1. The zero-order chi connectivity index (χ0) is 26.7. The molecule has 0 spiro atoms. The van der Waals surface area contributed by atoms with Crippen LogP contribution in [0.25, 0.3) is 0 Å². The van der Waals surface area contributed by atoms with Crippen molar-refractivity contribution in [1.82, 2.24) is 19.7 Å². The number of benzene rings is 1. The molecule has 1 aromatic heterocycles. The third kappa shape index (κ3) is 7.83. The largest absolute Gasteiger partial charge is 0.382 e. The molecule has 0 aliphatic carbocycles. The molecule has 0 bridgehead atoms. The van der Waals surface area contributed by atoms with E-state index in [0.717, 1.165) is 30.9 Å². The van der Waals surface area contributed by atoms with Gasteiger partial charge in [-0.25, -0.2) is 4.98 Å². The summed E-state index contributed by atoms with van der Waals surface area (Å²) in [6.45, 7) is 8.72. The molecule has 0 radical (unpaired) electrons. The van der Waals surface area contributed by atoms with Crippen molar-refractivity contribution in [2.75, 3.05) is 79.4 Å². The first-order valence-corrected chi connectivity index (χ1v) is 14.4. The fourth-order valence-corrected chi connectivity index (χ4v) is 5.94. The Bertz CT molecular complexity index is 1000. The van der Waals surface area contributed by atoms with Crippen LogP contribution in [0.4, 0.5) is 0 Å². The Morgan fingerprint density at radius 2 is 1.63 bits per heavy atom. The number of methoxy groups -OCH3 is 1. The standard InChI is InChI=1S/C28H40N4O5S/c1-22(23-6-4-3-5-7-23)30-12-14-32(15-13-30)28(34)25-21-38-27(29-25)24-8-10-31(11-9-24)26(33)20-37-19-18-36-17-16-35-2/h3-7,21-22,24H,8-20H2,1-2H3. The van der Waals surface area contributed by atoms with Crippen molar-refractivity contribution in [3.05, 3.63) is 52.0 Å². The predicted molar refractivity (Wildman–Crippen MR) is 147 cm³/mol. The van der Waals surface area contributed by atoms with E-state index in [2.05, 4.69) is 36.1 Å². The maximum absolute atomic E-state index is 13.2. The smallest absolute Gasteiger partial charge is 0.273 e. The number of likely N-dealkylation sites (tertiary alicyclic amines) is 1. The number of ether oxygens (including phenoxy) is 3. The highest BCUT2D eigenvalue weighted by molar-refractivity contribution is 7.09. The van der Waals surface area contributed by atoms with E-state index >= 15 is 0 Å². The van der Waals surface area contributed by atoms with Crippen LogP contribution in [0, 0.1) is 0 Å². The van der Waals surface area contributed by atoms with Crippen LogP contribution in [0.3, 0.4) is 0 Å². The van der Waals surface area contributed by atoms with E-state index in [1.54, 1.807) is 18.4 Å². The molecule has 4 rings (SSSR count). The van der Waals surface area contributed by atoms with Gasteiger partial charge >= 0.3 is 0 Å². The summed E-state index contributed by atoms with van der Waals surface area (Å²) < 4.78 is 15.7. The topological polar surface area (TPSA) is 84.4 Å². The SMILES string of the molecule is COCCOCCOCC(=O)N1CCC(c2nc(C(=O)N3CCN(C(C)c4ccccc4)CC3)cs2)CC1. The van der Waals surface area contributed by atoms with Gasteiger partial charge in [-0.05, 0) is 25.3 Å². The number of nitrogens with zero attached hydrogens (tertiary/aromatic N) is 4. The van der Waals surface area contributed by atoms with Gasteiger partial charge in [0.05, 0.1) is 31.4 Å². The molecule has 1 aromatic carbocycles. The van der Waals surface area contributed by atoms with Gasteiger partial charge < -0.3 is 24.0 Å². The van der Waals surface area contributed by atoms with Crippen LogP contribution in [0.1, 0.15) is 52.8 Å². The van der Waals surface area contributed by atoms with Crippen molar-refractivity contribution in [2.24, 2.45) is 0 Å². The van der Waals surface area contributed by atoms with Gasteiger partial charge in [0.15, 0.2) is 0 Å². The summed E-state index contributed by atoms with van der Waals surface area (Å²) >= 11 is 1.57. The molecule has 1 unspecified atom stereocenters. The molecule has 208 valence electrons. The second-order valence-corrected chi connectivity index (χ2v) is 10.7. The van der Waals surface area contributed by atoms with Gasteiger partial charge in [0, 0.05) is 63.7 Å². The molecular formula is C28H40N4O5S. The van der Waals surface area contributed by atoms with Gasteiger partial charge in [0.25, 0.3) is 5.91 Å². The number of piperazine rings is 1. The Labute approximate surface area is 229 Å². The summed E-state index contributed by atoms with van der Waals surface area (Å²) in [5.74, 6) is 0.316. The molecule has 2 amide bonds. The average Bonchev–Trinajstić information content (AvgIpc) is 3.47. The van der Waals surface area contributed by atoms with E-state index in [1.807, 2.05) is 21.2 Å². The van der Waals surface area contributed by atoms with Crippen LogP contribution >= 0.6 is 11.3 Å². The van der Waals surface area contributed by atoms with Crippen LogP contribution in [0.15, 0.2) is 35.7 Å². The summed E-state index contributed by atoms with van der Waals surface area (Å²) in [6, 6.07) is 10.9. The summed E-state index contributed by atoms with van der Waals surface area (Å²) in [7, 11) is 1.63. The van der Waals surface area contributed by atoms with E-state index < -0.39 is 0 Å². The molecular weight excluding hydrogens is 504 g/mol. The van der Waals surface area contributed by atoms with E-state index in [-0.39, 0.29) is 24.3 Å². The van der Waals surface area contributed by atoms with Gasteiger partial charge in [-0.15, -0.1) is 11.3 Å².